The lowest BCUT2D eigenvalue weighted by atomic mass is 9.71. The summed E-state index contributed by atoms with van der Waals surface area (Å²) in [6.07, 6.45) is 1.65. The van der Waals surface area contributed by atoms with E-state index in [9.17, 15) is 30.2 Å². The zero-order valence-electron chi connectivity index (χ0n) is 39.6. The molecule has 1 aromatic heterocycles. The van der Waals surface area contributed by atoms with Gasteiger partial charge in [0.05, 0.1) is 59.8 Å². The molecule has 2 fully saturated rings. The van der Waals surface area contributed by atoms with Gasteiger partial charge in [-0.1, -0.05) is 6.07 Å². The summed E-state index contributed by atoms with van der Waals surface area (Å²) in [6.45, 7) is 4.90. The maximum atomic E-state index is 14.4. The molecule has 18 heteroatoms. The van der Waals surface area contributed by atoms with Crippen LogP contribution in [0.4, 0.5) is 4.79 Å². The molecule has 0 unspecified atom stereocenters. The number of ether oxygens (including phenoxy) is 7. The molecule has 9 rings (SSSR count). The fraction of sp³-hybridized carbons (Fsp3) is 0.431. The first-order valence-electron chi connectivity index (χ1n) is 23.0. The lowest BCUT2D eigenvalue weighted by Gasteiger charge is -2.60. The van der Waals surface area contributed by atoms with Crippen molar-refractivity contribution in [2.75, 3.05) is 61.8 Å². The van der Waals surface area contributed by atoms with Crippen LogP contribution in [-0.4, -0.2) is 123 Å². The predicted octanol–water partition coefficient (Wildman–Crippen LogP) is 6.29. The predicted molar refractivity (Wildman–Crippen MR) is 250 cm³/mol. The number of fused-ring (bicyclic) bond motifs is 8. The lowest BCUT2D eigenvalue weighted by molar-refractivity contribution is -0.0724. The Morgan fingerprint density at radius 2 is 1.49 bits per heavy atom. The number of nitrogens with zero attached hydrogens (tertiary/aromatic N) is 3. The first kappa shape index (κ1) is 47.0. The van der Waals surface area contributed by atoms with Crippen LogP contribution in [0.3, 0.4) is 0 Å². The van der Waals surface area contributed by atoms with Crippen molar-refractivity contribution in [2.24, 2.45) is 0 Å². The van der Waals surface area contributed by atoms with Gasteiger partial charge >= 0.3 is 6.09 Å². The Kier molecular flexibility index (Phi) is 13.0. The normalized spacial score (nSPS) is 21.0. The average molecular weight is 948 g/mol. The number of hydrogen-bond donors (Lipinski definition) is 5. The summed E-state index contributed by atoms with van der Waals surface area (Å²) in [5.74, 6) is 1.22. The highest BCUT2D eigenvalue weighted by Gasteiger charge is 2.57. The Hall–Kier alpha value is -7.07. The quantitative estimate of drug-likeness (QED) is 0.0818. The monoisotopic (exact) mass is 947 g/mol. The number of furan rings is 1. The van der Waals surface area contributed by atoms with E-state index in [1.807, 2.05) is 26.1 Å². The van der Waals surface area contributed by atoms with E-state index in [0.29, 0.717) is 87.7 Å². The number of carbonyl (C=O) groups is 2. The van der Waals surface area contributed by atoms with Crippen LogP contribution in [0.15, 0.2) is 46.9 Å². The maximum Gasteiger partial charge on any atom is 0.412 e. The summed E-state index contributed by atoms with van der Waals surface area (Å²) in [6, 6.07) is 10.9. The molecule has 69 heavy (non-hydrogen) atoms. The number of methoxy groups -OCH3 is 4. The van der Waals surface area contributed by atoms with Gasteiger partial charge in [-0.25, -0.2) is 4.79 Å². The van der Waals surface area contributed by atoms with Gasteiger partial charge < -0.3 is 63.5 Å². The largest absolute Gasteiger partial charge is 0.504 e. The van der Waals surface area contributed by atoms with E-state index in [1.165, 1.54) is 26.4 Å². The summed E-state index contributed by atoms with van der Waals surface area (Å²) in [7, 11) is 8.02. The van der Waals surface area contributed by atoms with Gasteiger partial charge in [-0.05, 0) is 82.1 Å². The molecule has 5 atom stereocenters. The van der Waals surface area contributed by atoms with Crippen LogP contribution in [0.1, 0.15) is 74.4 Å². The molecule has 2 amide bonds. The second-order valence-corrected chi connectivity index (χ2v) is 17.9. The number of phenolic OH excluding ortho intramolecular Hbond substituents is 3. The Balaban J connectivity index is 1.13. The molecular formula is C51H57N5O13. The molecule has 0 radical (unpaired) electrons. The van der Waals surface area contributed by atoms with Crippen LogP contribution >= 0.6 is 0 Å². The molecule has 4 aliphatic heterocycles. The number of benzene rings is 4. The number of phenols is 3. The fourth-order valence-electron chi connectivity index (χ4n) is 11.1. The van der Waals surface area contributed by atoms with Gasteiger partial charge in [-0.3, -0.25) is 14.6 Å². The molecule has 2 bridgehead atoms. The average Bonchev–Trinajstić information content (AvgIpc) is 3.77. The second kappa shape index (κ2) is 19.1. The summed E-state index contributed by atoms with van der Waals surface area (Å²) >= 11 is 0. The summed E-state index contributed by atoms with van der Waals surface area (Å²) in [5, 5.41) is 49.8. The molecule has 0 spiro atoms. The van der Waals surface area contributed by atoms with Gasteiger partial charge in [-0.2, -0.15) is 5.26 Å². The van der Waals surface area contributed by atoms with Crippen LogP contribution < -0.4 is 39.1 Å². The van der Waals surface area contributed by atoms with E-state index < -0.39 is 42.2 Å². The molecule has 4 aromatic carbocycles. The number of carbonyl (C=O) groups excluding carboxylic acids is 2. The molecule has 4 aliphatic rings. The second-order valence-electron chi connectivity index (χ2n) is 17.9. The minimum absolute atomic E-state index is 0.0203. The highest BCUT2D eigenvalue weighted by Crippen LogP contribution is 2.59. The van der Waals surface area contributed by atoms with E-state index in [2.05, 4.69) is 26.5 Å². The van der Waals surface area contributed by atoms with Gasteiger partial charge in [0.15, 0.2) is 40.3 Å². The maximum absolute atomic E-state index is 14.4. The number of piperazine rings is 1. The van der Waals surface area contributed by atoms with Crippen molar-refractivity contribution in [1.29, 1.82) is 5.26 Å². The number of likely N-dealkylation sites (N-methyl/N-ethyl adjacent to an activating group) is 1. The van der Waals surface area contributed by atoms with Crippen LogP contribution in [0.2, 0.25) is 0 Å². The van der Waals surface area contributed by atoms with E-state index >= 15 is 0 Å². The number of aromatic hydroxyl groups is 3. The SMILES string of the molecule is COc1c(C)c(OC)c2c(c1O)[C@@H]1[C@@H]3Cc4c(OC)c(C)c(OC)c(OC(=O)NCCc5ccc(O)c(O)c5)c4[C@H](CNC(=O)c4cc5cc(OC6CCOCC6)ccc5o4)N3[C@@H](C#N)[C@H](C2)N1C. The van der Waals surface area contributed by atoms with E-state index in [-0.39, 0.29) is 65.9 Å². The third-order valence-electron chi connectivity index (χ3n) is 14.2. The number of amides is 2. The summed E-state index contributed by atoms with van der Waals surface area (Å²) in [4.78, 5) is 32.5. The van der Waals surface area contributed by atoms with Crippen LogP contribution in [-0.2, 0) is 24.0 Å². The molecule has 5 heterocycles. The van der Waals surface area contributed by atoms with Gasteiger partial charge in [0.1, 0.15) is 35.0 Å². The Labute approximate surface area is 399 Å². The van der Waals surface area contributed by atoms with Gasteiger partial charge in [0.25, 0.3) is 5.91 Å². The highest BCUT2D eigenvalue weighted by atomic mass is 16.6. The van der Waals surface area contributed by atoms with E-state index in [0.717, 1.165) is 18.4 Å². The Morgan fingerprint density at radius 1 is 0.812 bits per heavy atom. The number of nitrogens with one attached hydrogen (secondary N) is 2. The Bertz CT molecular complexity index is 2850. The first-order valence-corrected chi connectivity index (χ1v) is 23.0. The molecule has 0 aliphatic carbocycles. The minimum atomic E-state index is -0.862. The lowest BCUT2D eigenvalue weighted by Crippen LogP contribution is -2.68. The number of nitriles is 1. The molecule has 2 saturated heterocycles. The highest BCUT2D eigenvalue weighted by molar-refractivity contribution is 5.96. The first-order chi connectivity index (χ1) is 33.3. The fourth-order valence-corrected chi connectivity index (χ4v) is 11.1. The van der Waals surface area contributed by atoms with Crippen molar-refractivity contribution in [3.63, 3.8) is 0 Å². The van der Waals surface area contributed by atoms with Gasteiger partial charge in [-0.15, -0.1) is 0 Å². The molecule has 18 nitrogen and oxygen atoms in total. The van der Waals surface area contributed by atoms with Crippen LogP contribution in [0.25, 0.3) is 11.0 Å². The van der Waals surface area contributed by atoms with Gasteiger partial charge in [0.2, 0.25) is 0 Å². The van der Waals surface area contributed by atoms with Crippen LogP contribution in [0, 0.1) is 25.2 Å². The topological polar surface area (TPSA) is 227 Å². The molecule has 364 valence electrons. The minimum Gasteiger partial charge on any atom is -0.504 e. The van der Waals surface area contributed by atoms with E-state index in [1.54, 1.807) is 39.3 Å². The van der Waals surface area contributed by atoms with Crippen molar-refractivity contribution in [3.05, 3.63) is 87.2 Å². The molecule has 5 aromatic rings. The Morgan fingerprint density at radius 3 is 2.17 bits per heavy atom. The molecular weight excluding hydrogens is 891 g/mol. The van der Waals surface area contributed by atoms with E-state index in [4.69, 9.17) is 37.6 Å². The smallest absolute Gasteiger partial charge is 0.412 e. The summed E-state index contributed by atoms with van der Waals surface area (Å²) < 4.78 is 48.1. The third kappa shape index (κ3) is 8.27. The van der Waals surface area contributed by atoms with Crippen molar-refractivity contribution in [2.45, 2.75) is 82.3 Å². The molecule has 5 N–H and O–H groups in total. The van der Waals surface area contributed by atoms with Crippen molar-refractivity contribution < 1.29 is 62.5 Å². The zero-order valence-corrected chi connectivity index (χ0v) is 39.6. The van der Waals surface area contributed by atoms with Gasteiger partial charge in [0, 0.05) is 76.8 Å². The number of rotatable bonds is 13. The zero-order chi connectivity index (χ0) is 48.8. The van der Waals surface area contributed by atoms with Crippen molar-refractivity contribution in [1.82, 2.24) is 20.4 Å². The number of hydrogen-bond acceptors (Lipinski definition) is 16. The van der Waals surface area contributed by atoms with Crippen molar-refractivity contribution in [3.8, 4) is 57.8 Å². The van der Waals surface area contributed by atoms with Crippen LogP contribution in [0.5, 0.6) is 51.7 Å². The standard InChI is InChI=1S/C51H57N5O13/c1-25-45(62-4)32-21-33-35(23-52)56-34(43(55(33)3)42(32)44(59)47(25)64-6)22-31-41(36(56)24-54-50(60)40-20-28-19-30(9-11-39(28)68-40)67-29-13-16-66-17-14-29)49(48(65-7)26(2)46(31)63-5)69-51(61)53-15-12-27-8-10-37(57)38(58)18-27/h8-11,18-20,29,33-36,43,57-59H,12-17,21-22,24H2,1-7H3,(H,53,61)(H,54,60)/t33-,34-,35-,36-,43-/m0/s1. The molecule has 0 saturated carbocycles. The summed E-state index contributed by atoms with van der Waals surface area (Å²) in [5.41, 5.74) is 4.85. The third-order valence-corrected chi connectivity index (χ3v) is 14.2. The van der Waals surface area contributed by atoms with Crippen molar-refractivity contribution >= 4 is 23.0 Å².